The number of hydrogen-bond donors (Lipinski definition) is 0. The largest absolute Gasteiger partial charge is 0.389 e. The molecule has 3 aromatic heterocycles. The Balaban J connectivity index is 3.27. The lowest BCUT2D eigenvalue weighted by Gasteiger charge is -1.90. The smallest absolute Gasteiger partial charge is 0.353 e. The van der Waals surface area contributed by atoms with Crippen molar-refractivity contribution in [2.24, 2.45) is 0 Å². The Morgan fingerprint density at radius 1 is 1.00 bits per heavy atom. The van der Waals surface area contributed by atoms with Crippen LogP contribution in [0.2, 0.25) is 0 Å². The SMILES string of the molecule is O=c1oc2ccc1c(=O)o2. The molecule has 0 aliphatic heterocycles. The van der Waals surface area contributed by atoms with Crippen molar-refractivity contribution in [2.45, 2.75) is 0 Å². The second-order valence-corrected chi connectivity index (χ2v) is 1.85. The van der Waals surface area contributed by atoms with E-state index in [4.69, 9.17) is 0 Å². The first-order chi connectivity index (χ1) is 4.77. The molecule has 10 heavy (non-hydrogen) atoms. The summed E-state index contributed by atoms with van der Waals surface area (Å²) in [4.78, 5) is 21.3. The Kier molecular flexibility index (Phi) is 0.768. The van der Waals surface area contributed by atoms with E-state index in [0.29, 0.717) is 0 Å². The minimum Gasteiger partial charge on any atom is -0.389 e. The van der Waals surface area contributed by atoms with Crippen molar-refractivity contribution in [1.29, 1.82) is 0 Å². The Bertz CT molecular complexity index is 415. The van der Waals surface area contributed by atoms with Gasteiger partial charge in [0, 0.05) is 6.07 Å². The van der Waals surface area contributed by atoms with E-state index in [2.05, 4.69) is 8.83 Å². The number of fused-ring (bicyclic) bond motifs is 3. The fraction of sp³-hybridized carbons (Fsp3) is 0. The highest BCUT2D eigenvalue weighted by Gasteiger charge is 2.05. The van der Waals surface area contributed by atoms with Gasteiger partial charge < -0.3 is 8.83 Å². The zero-order valence-electron chi connectivity index (χ0n) is 4.79. The van der Waals surface area contributed by atoms with Crippen LogP contribution in [0, 0.1) is 0 Å². The maximum absolute atomic E-state index is 10.6. The van der Waals surface area contributed by atoms with E-state index in [-0.39, 0.29) is 11.2 Å². The summed E-state index contributed by atoms with van der Waals surface area (Å²) in [6, 6.07) is 2.81. The summed E-state index contributed by atoms with van der Waals surface area (Å²) < 4.78 is 8.93. The van der Waals surface area contributed by atoms with E-state index in [1.807, 2.05) is 0 Å². The van der Waals surface area contributed by atoms with Crippen molar-refractivity contribution < 1.29 is 8.83 Å². The fourth-order valence-corrected chi connectivity index (χ4v) is 0.752. The summed E-state index contributed by atoms with van der Waals surface area (Å²) in [6.45, 7) is 0. The summed E-state index contributed by atoms with van der Waals surface area (Å²) in [5.74, 6) is -0.0370. The van der Waals surface area contributed by atoms with Crippen LogP contribution < -0.4 is 11.3 Å². The molecule has 3 aromatic rings. The van der Waals surface area contributed by atoms with Crippen molar-refractivity contribution in [3.05, 3.63) is 33.0 Å². The molecule has 2 bridgehead atoms. The molecule has 3 rings (SSSR count). The molecule has 0 saturated carbocycles. The average molecular weight is 138 g/mol. The van der Waals surface area contributed by atoms with Crippen LogP contribution in [-0.2, 0) is 0 Å². The van der Waals surface area contributed by atoms with E-state index in [9.17, 15) is 9.59 Å². The standard InChI is InChI=1S/C6H2O4/c7-5-3-1-2-4(9-5)10-6(3)8/h1-2H. The van der Waals surface area contributed by atoms with Gasteiger partial charge in [-0.05, 0) is 6.07 Å². The maximum Gasteiger partial charge on any atom is 0.353 e. The third-order valence-electron chi connectivity index (χ3n) is 1.21. The molecule has 0 fully saturated rings. The minimum atomic E-state index is -0.631. The Morgan fingerprint density at radius 2 is 1.60 bits per heavy atom. The zero-order valence-corrected chi connectivity index (χ0v) is 4.79. The summed E-state index contributed by atoms with van der Waals surface area (Å²) in [6.07, 6.45) is 0. The van der Waals surface area contributed by atoms with Gasteiger partial charge in [-0.15, -0.1) is 0 Å². The lowest BCUT2D eigenvalue weighted by molar-refractivity contribution is 0.409. The summed E-state index contributed by atoms with van der Waals surface area (Å²) in [7, 11) is 0. The predicted molar refractivity (Wildman–Crippen MR) is 32.2 cm³/mol. The van der Waals surface area contributed by atoms with Crippen LogP contribution in [0.25, 0.3) is 11.2 Å². The van der Waals surface area contributed by atoms with E-state index in [1.165, 1.54) is 12.1 Å². The molecule has 0 atom stereocenters. The summed E-state index contributed by atoms with van der Waals surface area (Å²) in [5, 5.41) is -0.0463. The highest BCUT2D eigenvalue weighted by atomic mass is 16.5. The molecule has 0 radical (unpaired) electrons. The van der Waals surface area contributed by atoms with E-state index in [1.54, 1.807) is 0 Å². The second kappa shape index (κ2) is 1.47. The van der Waals surface area contributed by atoms with E-state index < -0.39 is 11.3 Å². The van der Waals surface area contributed by atoms with Gasteiger partial charge in [-0.2, -0.15) is 0 Å². The molecule has 0 unspecified atom stereocenters. The Morgan fingerprint density at radius 3 is 1.90 bits per heavy atom. The summed E-state index contributed by atoms with van der Waals surface area (Å²) in [5.41, 5.74) is -1.26. The molecule has 4 heteroatoms. The third-order valence-corrected chi connectivity index (χ3v) is 1.21. The topological polar surface area (TPSA) is 60.4 Å². The molecule has 50 valence electrons. The number of rotatable bonds is 0. The lowest BCUT2D eigenvalue weighted by Crippen LogP contribution is -2.12. The van der Waals surface area contributed by atoms with Crippen LogP contribution in [0.3, 0.4) is 0 Å². The quantitative estimate of drug-likeness (QED) is 0.521. The molecule has 0 aromatic carbocycles. The first kappa shape index (κ1) is 5.22. The molecule has 0 amide bonds. The molecular weight excluding hydrogens is 136 g/mol. The summed E-state index contributed by atoms with van der Waals surface area (Å²) >= 11 is 0. The van der Waals surface area contributed by atoms with Gasteiger partial charge in [-0.1, -0.05) is 0 Å². The van der Waals surface area contributed by atoms with Gasteiger partial charge in [0.05, 0.1) is 0 Å². The van der Waals surface area contributed by atoms with Crippen LogP contribution >= 0.6 is 0 Å². The van der Waals surface area contributed by atoms with Gasteiger partial charge in [-0.3, -0.25) is 0 Å². The maximum atomic E-state index is 10.6. The third kappa shape index (κ3) is 0.500. The average Bonchev–Trinajstić information content (AvgIpc) is 1.86. The lowest BCUT2D eigenvalue weighted by atomic mass is 10.4. The van der Waals surface area contributed by atoms with Crippen molar-refractivity contribution in [3.63, 3.8) is 0 Å². The molecule has 0 aliphatic carbocycles. The molecular formula is C6H2O4. The van der Waals surface area contributed by atoms with Gasteiger partial charge in [0.1, 0.15) is 5.39 Å². The first-order valence-electron chi connectivity index (χ1n) is 2.64. The van der Waals surface area contributed by atoms with Gasteiger partial charge in [0.2, 0.25) is 0 Å². The van der Waals surface area contributed by atoms with E-state index >= 15 is 0 Å². The van der Waals surface area contributed by atoms with Gasteiger partial charge in [0.15, 0.2) is 0 Å². The molecule has 0 saturated heterocycles. The molecule has 0 N–H and O–H groups in total. The van der Waals surface area contributed by atoms with Crippen molar-refractivity contribution in [2.75, 3.05) is 0 Å². The molecule has 0 aliphatic rings. The molecule has 0 spiro atoms. The monoisotopic (exact) mass is 138 g/mol. The van der Waals surface area contributed by atoms with Crippen molar-refractivity contribution in [3.8, 4) is 0 Å². The second-order valence-electron chi connectivity index (χ2n) is 1.85. The van der Waals surface area contributed by atoms with Crippen LogP contribution in [-0.4, -0.2) is 0 Å². The van der Waals surface area contributed by atoms with Crippen molar-refractivity contribution >= 4 is 11.2 Å². The predicted octanol–water partition coefficient (Wildman–Crippen LogP) is 0.184. The zero-order chi connectivity index (χ0) is 7.14. The Labute approximate surface area is 54.0 Å². The van der Waals surface area contributed by atoms with Gasteiger partial charge in [-0.25, -0.2) is 9.59 Å². The highest BCUT2D eigenvalue weighted by molar-refractivity contribution is 5.51. The fourth-order valence-electron chi connectivity index (χ4n) is 0.752. The van der Waals surface area contributed by atoms with Crippen LogP contribution in [0.5, 0.6) is 0 Å². The number of hydrogen-bond acceptors (Lipinski definition) is 4. The van der Waals surface area contributed by atoms with Crippen LogP contribution in [0.4, 0.5) is 0 Å². The minimum absolute atomic E-state index is 0.0370. The normalized spacial score (nSPS) is 10.8. The van der Waals surface area contributed by atoms with Gasteiger partial charge >= 0.3 is 11.3 Å². The van der Waals surface area contributed by atoms with Gasteiger partial charge in [0.25, 0.3) is 5.78 Å². The van der Waals surface area contributed by atoms with Crippen molar-refractivity contribution in [1.82, 2.24) is 0 Å². The highest BCUT2D eigenvalue weighted by Crippen LogP contribution is 1.99. The molecule has 4 nitrogen and oxygen atoms in total. The van der Waals surface area contributed by atoms with Crippen LogP contribution in [0.1, 0.15) is 0 Å². The van der Waals surface area contributed by atoms with Crippen LogP contribution in [0.15, 0.2) is 30.6 Å². The van der Waals surface area contributed by atoms with E-state index in [0.717, 1.165) is 0 Å². The first-order valence-corrected chi connectivity index (χ1v) is 2.64. The Hall–Kier alpha value is -1.58. The molecule has 3 heterocycles.